The molecule has 2 aromatic rings. The normalized spacial score (nSPS) is 11.0. The summed E-state index contributed by atoms with van der Waals surface area (Å²) in [5.41, 5.74) is 2.21. The van der Waals surface area contributed by atoms with Gasteiger partial charge in [-0.25, -0.2) is 0 Å². The monoisotopic (exact) mass is 399 g/mol. The van der Waals surface area contributed by atoms with Gasteiger partial charge in [0.2, 0.25) is 5.78 Å². The van der Waals surface area contributed by atoms with Gasteiger partial charge in [0.05, 0.1) is 7.11 Å². The van der Waals surface area contributed by atoms with Crippen LogP contribution in [-0.4, -0.2) is 18.0 Å². The predicted octanol–water partition coefficient (Wildman–Crippen LogP) is 4.91. The quantitative estimate of drug-likeness (QED) is 0.425. The first-order chi connectivity index (χ1) is 12.0. The number of nitrogens with zero attached hydrogens (tertiary/aromatic N) is 1. The smallest absolute Gasteiger partial charge is 0.203 e. The number of Topliss-reactive ketones (excluding diaryl/α,β-unsaturated/α-hetero) is 1. The number of rotatable bonds is 6. The lowest BCUT2D eigenvalue weighted by Gasteiger charge is -2.07. The Morgan fingerprint density at radius 1 is 1.32 bits per heavy atom. The van der Waals surface area contributed by atoms with Gasteiger partial charge >= 0.3 is 0 Å². The lowest BCUT2D eigenvalue weighted by atomic mass is 9.99. The Morgan fingerprint density at radius 2 is 2.00 bits per heavy atom. The van der Waals surface area contributed by atoms with E-state index in [0.29, 0.717) is 15.6 Å². The molecule has 4 nitrogen and oxygen atoms in total. The van der Waals surface area contributed by atoms with Gasteiger partial charge in [-0.05, 0) is 35.8 Å². The molecule has 0 aliphatic carbocycles. The zero-order chi connectivity index (χ0) is 18.4. The molecule has 25 heavy (non-hydrogen) atoms. The number of methoxy groups -OCH3 is 1. The number of phenolic OH excluding ortho intramolecular Hbond substituents is 1. The number of ketones is 1. The van der Waals surface area contributed by atoms with Crippen LogP contribution in [-0.2, 0) is 6.42 Å². The summed E-state index contributed by atoms with van der Waals surface area (Å²) in [5, 5.41) is 19.2. The number of halogens is 1. The summed E-state index contributed by atoms with van der Waals surface area (Å²) in [6.45, 7) is 2.10. The third-order valence-electron chi connectivity index (χ3n) is 3.72. The number of benzene rings is 2. The molecule has 0 aliphatic rings. The number of ether oxygens (including phenoxy) is 1. The number of allylic oxidation sites excluding steroid dienone is 1. The maximum Gasteiger partial charge on any atom is 0.203 e. The minimum Gasteiger partial charge on any atom is -0.504 e. The third-order valence-corrected chi connectivity index (χ3v) is 4.40. The zero-order valence-corrected chi connectivity index (χ0v) is 15.6. The molecule has 0 spiro atoms. The predicted molar refractivity (Wildman–Crippen MR) is 101 cm³/mol. The van der Waals surface area contributed by atoms with Gasteiger partial charge in [-0.1, -0.05) is 53.5 Å². The van der Waals surface area contributed by atoms with Crippen molar-refractivity contribution >= 4 is 27.8 Å². The van der Waals surface area contributed by atoms with E-state index in [1.807, 2.05) is 18.2 Å². The summed E-state index contributed by atoms with van der Waals surface area (Å²) in [5.74, 6) is -0.101. The molecule has 2 aromatic carbocycles. The number of aryl methyl sites for hydroxylation is 1. The van der Waals surface area contributed by atoms with Crippen LogP contribution in [0.2, 0.25) is 0 Å². The van der Waals surface area contributed by atoms with E-state index in [2.05, 4.69) is 22.9 Å². The summed E-state index contributed by atoms with van der Waals surface area (Å²) >= 11 is 3.32. The van der Waals surface area contributed by atoms with E-state index < -0.39 is 0 Å². The first kappa shape index (κ1) is 18.8. The number of aromatic hydroxyl groups is 1. The van der Waals surface area contributed by atoms with Crippen LogP contribution in [0.4, 0.5) is 0 Å². The van der Waals surface area contributed by atoms with E-state index in [9.17, 15) is 15.2 Å². The standard InChI is InChI=1S/C20H18BrNO3/c1-3-4-13-5-7-14(8-6-13)20(24)16(12-22)9-15-10-19(25-2)18(23)11-17(15)21/h5-11,23H,3-4H2,1-2H3. The number of carbonyl (C=O) groups is 1. The van der Waals surface area contributed by atoms with E-state index in [1.54, 1.807) is 18.2 Å². The summed E-state index contributed by atoms with van der Waals surface area (Å²) in [7, 11) is 1.44. The minimum absolute atomic E-state index is 0.0108. The molecule has 0 aromatic heterocycles. The van der Waals surface area contributed by atoms with Crippen molar-refractivity contribution in [1.29, 1.82) is 5.26 Å². The van der Waals surface area contributed by atoms with E-state index in [0.717, 1.165) is 18.4 Å². The molecule has 0 saturated heterocycles. The second-order valence-corrected chi connectivity index (χ2v) is 6.35. The van der Waals surface area contributed by atoms with Crippen LogP contribution in [0.3, 0.4) is 0 Å². The highest BCUT2D eigenvalue weighted by molar-refractivity contribution is 9.10. The SMILES string of the molecule is CCCc1ccc(C(=O)C(C#N)=Cc2cc(OC)c(O)cc2Br)cc1. The van der Waals surface area contributed by atoms with Gasteiger partial charge in [-0.15, -0.1) is 0 Å². The van der Waals surface area contributed by atoms with Crippen molar-refractivity contribution in [3.05, 3.63) is 63.1 Å². The van der Waals surface area contributed by atoms with Crippen LogP contribution in [0.5, 0.6) is 11.5 Å². The van der Waals surface area contributed by atoms with Crippen molar-refractivity contribution in [1.82, 2.24) is 0 Å². The topological polar surface area (TPSA) is 70.3 Å². The molecule has 1 N–H and O–H groups in total. The summed E-state index contributed by atoms with van der Waals surface area (Å²) in [6.07, 6.45) is 3.47. The Labute approximate surface area is 155 Å². The maximum absolute atomic E-state index is 12.6. The minimum atomic E-state index is -0.343. The second kappa shape index (κ2) is 8.50. The molecule has 0 unspecified atom stereocenters. The molecule has 0 aliphatic heterocycles. The molecule has 5 heteroatoms. The van der Waals surface area contributed by atoms with Crippen molar-refractivity contribution in [2.75, 3.05) is 7.11 Å². The molecular weight excluding hydrogens is 382 g/mol. The summed E-state index contributed by atoms with van der Waals surface area (Å²) in [4.78, 5) is 12.6. The van der Waals surface area contributed by atoms with Crippen LogP contribution < -0.4 is 4.74 Å². The van der Waals surface area contributed by atoms with Gasteiger partial charge in [0.1, 0.15) is 11.6 Å². The van der Waals surface area contributed by atoms with Crippen LogP contribution in [0, 0.1) is 11.3 Å². The lowest BCUT2D eigenvalue weighted by molar-refractivity contribution is 0.104. The lowest BCUT2D eigenvalue weighted by Crippen LogP contribution is -2.02. The fourth-order valence-electron chi connectivity index (χ4n) is 2.40. The molecule has 0 heterocycles. The Morgan fingerprint density at radius 3 is 2.56 bits per heavy atom. The van der Waals surface area contributed by atoms with Crippen LogP contribution in [0.1, 0.15) is 34.8 Å². The van der Waals surface area contributed by atoms with Crippen molar-refractivity contribution in [3.8, 4) is 17.6 Å². The Bertz CT molecular complexity index is 848. The highest BCUT2D eigenvalue weighted by Crippen LogP contribution is 2.33. The Kier molecular flexibility index (Phi) is 6.37. The molecule has 0 fully saturated rings. The summed E-state index contributed by atoms with van der Waals surface area (Å²) < 4.78 is 5.63. The van der Waals surface area contributed by atoms with Crippen molar-refractivity contribution in [2.24, 2.45) is 0 Å². The van der Waals surface area contributed by atoms with Crippen molar-refractivity contribution in [3.63, 3.8) is 0 Å². The molecule has 0 bridgehead atoms. The van der Waals surface area contributed by atoms with E-state index in [4.69, 9.17) is 4.74 Å². The molecule has 0 radical (unpaired) electrons. The fourth-order valence-corrected chi connectivity index (χ4v) is 2.85. The average molecular weight is 400 g/mol. The molecule has 0 atom stereocenters. The number of nitriles is 1. The molecule has 2 rings (SSSR count). The maximum atomic E-state index is 12.6. The number of hydrogen-bond acceptors (Lipinski definition) is 4. The van der Waals surface area contributed by atoms with Gasteiger partial charge in [-0.3, -0.25) is 4.79 Å². The molecular formula is C20H18BrNO3. The first-order valence-corrected chi connectivity index (χ1v) is 8.61. The van der Waals surface area contributed by atoms with E-state index >= 15 is 0 Å². The van der Waals surface area contributed by atoms with Crippen molar-refractivity contribution in [2.45, 2.75) is 19.8 Å². The van der Waals surface area contributed by atoms with Crippen molar-refractivity contribution < 1.29 is 14.6 Å². The van der Waals surface area contributed by atoms with Gasteiger partial charge < -0.3 is 9.84 Å². The Balaban J connectivity index is 2.37. The first-order valence-electron chi connectivity index (χ1n) is 7.82. The Hall–Kier alpha value is -2.58. The zero-order valence-electron chi connectivity index (χ0n) is 14.0. The van der Waals surface area contributed by atoms with E-state index in [1.165, 1.54) is 19.3 Å². The van der Waals surface area contributed by atoms with Crippen LogP contribution in [0.15, 0.2) is 46.4 Å². The number of hydrogen-bond donors (Lipinski definition) is 1. The van der Waals surface area contributed by atoms with Crippen LogP contribution >= 0.6 is 15.9 Å². The van der Waals surface area contributed by atoms with Gasteiger partial charge in [0.15, 0.2) is 11.5 Å². The second-order valence-electron chi connectivity index (χ2n) is 5.49. The highest BCUT2D eigenvalue weighted by atomic mass is 79.9. The molecule has 128 valence electrons. The van der Waals surface area contributed by atoms with Crippen LogP contribution in [0.25, 0.3) is 6.08 Å². The molecule has 0 saturated carbocycles. The number of phenols is 1. The van der Waals surface area contributed by atoms with Gasteiger partial charge in [-0.2, -0.15) is 5.26 Å². The van der Waals surface area contributed by atoms with E-state index in [-0.39, 0.29) is 22.9 Å². The van der Waals surface area contributed by atoms with Gasteiger partial charge in [0.25, 0.3) is 0 Å². The fraction of sp³-hybridized carbons (Fsp3) is 0.200. The largest absolute Gasteiger partial charge is 0.504 e. The highest BCUT2D eigenvalue weighted by Gasteiger charge is 2.14. The third kappa shape index (κ3) is 4.49. The average Bonchev–Trinajstić information content (AvgIpc) is 2.61. The summed E-state index contributed by atoms with van der Waals surface area (Å²) in [6, 6.07) is 12.3. The number of carbonyl (C=O) groups excluding carboxylic acids is 1. The van der Waals surface area contributed by atoms with Gasteiger partial charge in [0, 0.05) is 10.0 Å². The molecule has 0 amide bonds.